The van der Waals surface area contributed by atoms with Gasteiger partial charge in [-0.05, 0) is 31.9 Å². The molecule has 2 amide bonds. The van der Waals surface area contributed by atoms with Gasteiger partial charge in [0.25, 0.3) is 11.8 Å². The summed E-state index contributed by atoms with van der Waals surface area (Å²) in [6, 6.07) is 6.66. The Hall–Kier alpha value is -3.16. The van der Waals surface area contributed by atoms with Crippen LogP contribution < -0.4 is 10.6 Å². The molecule has 0 unspecified atom stereocenters. The third-order valence-corrected chi connectivity index (χ3v) is 3.98. The number of rotatable bonds is 8. The average molecular weight is 387 g/mol. The summed E-state index contributed by atoms with van der Waals surface area (Å²) in [5.74, 6) is -0.521. The molecule has 0 aliphatic carbocycles. The van der Waals surface area contributed by atoms with Crippen LogP contribution in [0.5, 0.6) is 0 Å². The molecule has 0 saturated carbocycles. The number of anilines is 1. The molecular formula is C20H25N3O5. The van der Waals surface area contributed by atoms with Gasteiger partial charge in [0.15, 0.2) is 6.61 Å². The number of carbonyl (C=O) groups is 3. The highest BCUT2D eigenvalue weighted by Gasteiger charge is 2.17. The third-order valence-electron chi connectivity index (χ3n) is 3.98. The van der Waals surface area contributed by atoms with E-state index < -0.39 is 18.5 Å². The Morgan fingerprint density at radius 3 is 2.54 bits per heavy atom. The number of ether oxygens (including phenoxy) is 1. The van der Waals surface area contributed by atoms with Crippen molar-refractivity contribution in [3.63, 3.8) is 0 Å². The van der Waals surface area contributed by atoms with Gasteiger partial charge in [0.2, 0.25) is 0 Å². The molecule has 0 radical (unpaired) electrons. The van der Waals surface area contributed by atoms with E-state index in [-0.39, 0.29) is 12.3 Å². The van der Waals surface area contributed by atoms with E-state index in [1.54, 1.807) is 38.1 Å². The molecule has 0 aliphatic heterocycles. The fraction of sp³-hybridized carbons (Fsp3) is 0.400. The minimum Gasteiger partial charge on any atom is -0.455 e. The Morgan fingerprint density at radius 2 is 1.89 bits per heavy atom. The number of hydrogen-bond donors (Lipinski definition) is 2. The van der Waals surface area contributed by atoms with Gasteiger partial charge in [-0.25, -0.2) is 0 Å². The molecule has 0 saturated heterocycles. The van der Waals surface area contributed by atoms with E-state index in [1.807, 2.05) is 13.8 Å². The van der Waals surface area contributed by atoms with Crippen LogP contribution in [0.4, 0.5) is 5.69 Å². The van der Waals surface area contributed by atoms with E-state index in [0.29, 0.717) is 40.7 Å². The second-order valence-electron chi connectivity index (χ2n) is 6.84. The van der Waals surface area contributed by atoms with Crippen molar-refractivity contribution in [3.05, 3.63) is 46.8 Å². The Kier molecular flexibility index (Phi) is 7.31. The second kappa shape index (κ2) is 9.68. The Labute approximate surface area is 163 Å². The van der Waals surface area contributed by atoms with Crippen molar-refractivity contribution < 1.29 is 23.6 Å². The van der Waals surface area contributed by atoms with Crippen LogP contribution >= 0.6 is 0 Å². The van der Waals surface area contributed by atoms with Crippen LogP contribution in [0.2, 0.25) is 0 Å². The second-order valence-corrected chi connectivity index (χ2v) is 6.84. The van der Waals surface area contributed by atoms with Gasteiger partial charge in [0.05, 0.1) is 23.4 Å². The molecule has 2 N–H and O–H groups in total. The average Bonchev–Trinajstić information content (AvgIpc) is 2.97. The summed E-state index contributed by atoms with van der Waals surface area (Å²) >= 11 is 0. The maximum atomic E-state index is 12.3. The minimum absolute atomic E-state index is 0.0252. The molecule has 1 heterocycles. The van der Waals surface area contributed by atoms with Crippen molar-refractivity contribution in [2.75, 3.05) is 18.5 Å². The van der Waals surface area contributed by atoms with E-state index in [9.17, 15) is 14.4 Å². The summed E-state index contributed by atoms with van der Waals surface area (Å²) in [5, 5.41) is 9.19. The van der Waals surface area contributed by atoms with Gasteiger partial charge in [0.1, 0.15) is 5.76 Å². The van der Waals surface area contributed by atoms with Crippen molar-refractivity contribution in [3.8, 4) is 0 Å². The van der Waals surface area contributed by atoms with E-state index in [2.05, 4.69) is 15.8 Å². The lowest BCUT2D eigenvalue weighted by Gasteiger charge is -2.12. The van der Waals surface area contributed by atoms with E-state index in [4.69, 9.17) is 9.26 Å². The number of aryl methyl sites for hydroxylation is 2. The molecule has 0 fully saturated rings. The predicted molar refractivity (Wildman–Crippen MR) is 103 cm³/mol. The highest BCUT2D eigenvalue weighted by molar-refractivity contribution is 6.04. The van der Waals surface area contributed by atoms with Crippen LogP contribution in [0.15, 0.2) is 28.8 Å². The molecular weight excluding hydrogens is 362 g/mol. The summed E-state index contributed by atoms with van der Waals surface area (Å²) < 4.78 is 10.0. The molecule has 1 aromatic heterocycles. The number of carbonyl (C=O) groups excluding carboxylic acids is 3. The van der Waals surface area contributed by atoms with Crippen LogP contribution in [0.3, 0.4) is 0 Å². The van der Waals surface area contributed by atoms with Crippen LogP contribution in [-0.4, -0.2) is 36.1 Å². The Morgan fingerprint density at radius 1 is 1.18 bits per heavy atom. The number of amides is 2. The van der Waals surface area contributed by atoms with Crippen molar-refractivity contribution in [1.29, 1.82) is 0 Å². The lowest BCUT2D eigenvalue weighted by Crippen LogP contribution is -2.29. The Bertz CT molecular complexity index is 838. The maximum Gasteiger partial charge on any atom is 0.310 e. The monoisotopic (exact) mass is 387 g/mol. The number of nitrogens with one attached hydrogen (secondary N) is 2. The van der Waals surface area contributed by atoms with Crippen LogP contribution in [0.25, 0.3) is 0 Å². The van der Waals surface area contributed by atoms with E-state index in [1.165, 1.54) is 0 Å². The SMILES string of the molecule is Cc1noc(C)c1CC(=O)OCC(=O)Nc1ccccc1C(=O)NCC(C)C. The number of esters is 1. The standard InChI is InChI=1S/C20H25N3O5/c1-12(2)10-21-20(26)15-7-5-6-8-17(15)22-18(24)11-27-19(25)9-16-13(3)23-28-14(16)4/h5-8,12H,9-11H2,1-4H3,(H,21,26)(H,22,24). The molecule has 0 atom stereocenters. The number of aromatic nitrogens is 1. The lowest BCUT2D eigenvalue weighted by molar-refractivity contribution is -0.146. The number of nitrogens with zero attached hydrogens (tertiary/aromatic N) is 1. The highest BCUT2D eigenvalue weighted by atomic mass is 16.5. The summed E-state index contributed by atoms with van der Waals surface area (Å²) in [7, 11) is 0. The van der Waals surface area contributed by atoms with Crippen LogP contribution in [0, 0.1) is 19.8 Å². The normalized spacial score (nSPS) is 10.6. The van der Waals surface area contributed by atoms with Gasteiger partial charge in [-0.1, -0.05) is 31.1 Å². The smallest absolute Gasteiger partial charge is 0.310 e. The van der Waals surface area contributed by atoms with Crippen LogP contribution in [0.1, 0.15) is 41.2 Å². The summed E-state index contributed by atoms with van der Waals surface area (Å²) in [5.41, 5.74) is 1.96. The lowest BCUT2D eigenvalue weighted by atomic mass is 10.1. The molecule has 1 aromatic carbocycles. The first-order valence-electron chi connectivity index (χ1n) is 9.02. The van der Waals surface area contributed by atoms with Gasteiger partial charge in [-0.2, -0.15) is 0 Å². The van der Waals surface area contributed by atoms with Gasteiger partial charge in [-0.3, -0.25) is 14.4 Å². The molecule has 8 heteroatoms. The number of hydrogen-bond acceptors (Lipinski definition) is 6. The fourth-order valence-corrected chi connectivity index (χ4v) is 2.46. The summed E-state index contributed by atoms with van der Waals surface area (Å²) in [6.45, 7) is 7.49. The van der Waals surface area contributed by atoms with Gasteiger partial charge in [0, 0.05) is 12.1 Å². The largest absolute Gasteiger partial charge is 0.455 e. The quantitative estimate of drug-likeness (QED) is 0.673. The molecule has 8 nitrogen and oxygen atoms in total. The van der Waals surface area contributed by atoms with Gasteiger partial charge in [-0.15, -0.1) is 0 Å². The molecule has 2 rings (SSSR count). The van der Waals surface area contributed by atoms with Gasteiger partial charge < -0.3 is 19.9 Å². The van der Waals surface area contributed by atoms with Gasteiger partial charge >= 0.3 is 5.97 Å². The molecule has 150 valence electrons. The van der Waals surface area contributed by atoms with Crippen molar-refractivity contribution in [2.24, 2.45) is 5.92 Å². The minimum atomic E-state index is -0.562. The van der Waals surface area contributed by atoms with Crippen LogP contribution in [-0.2, 0) is 20.7 Å². The predicted octanol–water partition coefficient (Wildman–Crippen LogP) is 2.40. The highest BCUT2D eigenvalue weighted by Crippen LogP contribution is 2.16. The molecule has 2 aromatic rings. The number of para-hydroxylation sites is 1. The first-order chi connectivity index (χ1) is 13.3. The molecule has 0 aliphatic rings. The fourth-order valence-electron chi connectivity index (χ4n) is 2.46. The first-order valence-corrected chi connectivity index (χ1v) is 9.02. The van der Waals surface area contributed by atoms with E-state index in [0.717, 1.165) is 0 Å². The molecule has 0 spiro atoms. The molecule has 28 heavy (non-hydrogen) atoms. The maximum absolute atomic E-state index is 12.3. The number of benzene rings is 1. The zero-order chi connectivity index (χ0) is 20.7. The first kappa shape index (κ1) is 21.1. The zero-order valence-corrected chi connectivity index (χ0v) is 16.5. The third kappa shape index (κ3) is 5.94. The topological polar surface area (TPSA) is 111 Å². The zero-order valence-electron chi connectivity index (χ0n) is 16.5. The summed E-state index contributed by atoms with van der Waals surface area (Å²) in [4.78, 5) is 36.4. The van der Waals surface area contributed by atoms with Crippen molar-refractivity contribution >= 4 is 23.5 Å². The molecule has 0 bridgehead atoms. The van der Waals surface area contributed by atoms with Crippen molar-refractivity contribution in [1.82, 2.24) is 10.5 Å². The Balaban J connectivity index is 1.91. The van der Waals surface area contributed by atoms with Crippen molar-refractivity contribution in [2.45, 2.75) is 34.1 Å². The van der Waals surface area contributed by atoms with E-state index >= 15 is 0 Å². The summed E-state index contributed by atoms with van der Waals surface area (Å²) in [6.07, 6.45) is -0.0252.